The third-order valence-electron chi connectivity index (χ3n) is 4.91. The minimum atomic E-state index is -0.996. The molecule has 140 valence electrons. The van der Waals surface area contributed by atoms with E-state index in [2.05, 4.69) is 5.32 Å². The SMILES string of the molecule is N=C(N)NCCC[C@H](N)C1=N[C@]2(c3ccccc3Cl)CCC[C@H](O1)C2=O. The van der Waals surface area contributed by atoms with Gasteiger partial charge in [-0.3, -0.25) is 10.2 Å². The van der Waals surface area contributed by atoms with Crippen molar-refractivity contribution in [2.45, 2.75) is 49.8 Å². The van der Waals surface area contributed by atoms with Gasteiger partial charge < -0.3 is 21.5 Å². The third-order valence-corrected chi connectivity index (χ3v) is 5.24. The number of nitrogens with zero attached hydrogens (tertiary/aromatic N) is 1. The van der Waals surface area contributed by atoms with Crippen molar-refractivity contribution in [2.75, 3.05) is 6.54 Å². The number of aliphatic imine (C=N–C) groups is 1. The van der Waals surface area contributed by atoms with Crippen molar-refractivity contribution in [3.63, 3.8) is 0 Å². The first-order valence-corrected chi connectivity index (χ1v) is 9.21. The summed E-state index contributed by atoms with van der Waals surface area (Å²) in [5.41, 5.74) is 11.3. The maximum absolute atomic E-state index is 13.0. The first kappa shape index (κ1) is 18.7. The number of nitrogens with one attached hydrogen (secondary N) is 2. The number of ketones is 1. The molecular formula is C18H24ClN5O2. The summed E-state index contributed by atoms with van der Waals surface area (Å²) < 4.78 is 5.84. The van der Waals surface area contributed by atoms with Gasteiger partial charge in [0.1, 0.15) is 0 Å². The van der Waals surface area contributed by atoms with Crippen molar-refractivity contribution in [3.8, 4) is 0 Å². The number of hydrogen-bond donors (Lipinski definition) is 4. The molecule has 1 heterocycles. The Bertz CT molecular complexity index is 738. The number of guanidine groups is 1. The highest BCUT2D eigenvalue weighted by Crippen LogP contribution is 2.44. The molecule has 1 aromatic carbocycles. The summed E-state index contributed by atoms with van der Waals surface area (Å²) in [6.45, 7) is 0.550. The molecule has 0 saturated heterocycles. The first-order valence-electron chi connectivity index (χ1n) is 8.83. The zero-order valence-corrected chi connectivity index (χ0v) is 15.3. The smallest absolute Gasteiger partial charge is 0.205 e. The minimum absolute atomic E-state index is 0.0361. The zero-order valence-electron chi connectivity index (χ0n) is 14.5. The average molecular weight is 378 g/mol. The summed E-state index contributed by atoms with van der Waals surface area (Å²) >= 11 is 6.39. The number of Topliss-reactive ketones (excluding diaryl/α,β-unsaturated/α-hetero) is 1. The summed E-state index contributed by atoms with van der Waals surface area (Å²) in [4.78, 5) is 17.7. The quantitative estimate of drug-likeness (QED) is 0.341. The molecule has 1 aromatic rings. The molecule has 2 aliphatic rings. The highest BCUT2D eigenvalue weighted by molar-refractivity contribution is 6.32. The topological polar surface area (TPSA) is 127 Å². The Morgan fingerprint density at radius 2 is 2.27 bits per heavy atom. The van der Waals surface area contributed by atoms with Gasteiger partial charge in [-0.2, -0.15) is 0 Å². The van der Waals surface area contributed by atoms with E-state index in [1.165, 1.54) is 0 Å². The molecule has 1 aliphatic carbocycles. The van der Waals surface area contributed by atoms with E-state index >= 15 is 0 Å². The molecule has 8 heteroatoms. The molecular weight excluding hydrogens is 354 g/mol. The number of nitrogens with two attached hydrogens (primary N) is 2. The van der Waals surface area contributed by atoms with Crippen LogP contribution in [0.25, 0.3) is 0 Å². The molecule has 0 radical (unpaired) electrons. The number of benzene rings is 1. The fraction of sp³-hybridized carbons (Fsp3) is 0.500. The fourth-order valence-corrected chi connectivity index (χ4v) is 3.90. The van der Waals surface area contributed by atoms with Crippen molar-refractivity contribution >= 4 is 29.2 Å². The molecule has 7 nitrogen and oxygen atoms in total. The van der Waals surface area contributed by atoms with Gasteiger partial charge in [-0.05, 0) is 38.2 Å². The molecule has 3 rings (SSSR count). The molecule has 1 saturated carbocycles. The predicted molar refractivity (Wildman–Crippen MR) is 101 cm³/mol. The predicted octanol–water partition coefficient (Wildman–Crippen LogP) is 1.68. The monoisotopic (exact) mass is 377 g/mol. The Morgan fingerprint density at radius 3 is 3.00 bits per heavy atom. The number of carbonyl (C=O) groups excluding carboxylic acids is 1. The lowest BCUT2D eigenvalue weighted by Gasteiger charge is -2.42. The Balaban J connectivity index is 1.85. The minimum Gasteiger partial charge on any atom is -0.468 e. The molecule has 3 atom stereocenters. The number of rotatable bonds is 6. The lowest BCUT2D eigenvalue weighted by atomic mass is 9.73. The van der Waals surface area contributed by atoms with Gasteiger partial charge >= 0.3 is 0 Å². The second-order valence-corrected chi connectivity index (χ2v) is 7.15. The van der Waals surface area contributed by atoms with Gasteiger partial charge in [0.05, 0.1) is 6.04 Å². The van der Waals surface area contributed by atoms with Crippen molar-refractivity contribution in [2.24, 2.45) is 16.5 Å². The number of carbonyl (C=O) groups is 1. The summed E-state index contributed by atoms with van der Waals surface area (Å²) in [5, 5.41) is 10.4. The molecule has 0 amide bonds. The number of ether oxygens (including phenoxy) is 1. The summed E-state index contributed by atoms with van der Waals surface area (Å²) in [5.74, 6) is 0.311. The summed E-state index contributed by atoms with van der Waals surface area (Å²) in [6.07, 6.45) is 2.92. The van der Waals surface area contributed by atoms with Crippen LogP contribution in [0.5, 0.6) is 0 Å². The molecule has 26 heavy (non-hydrogen) atoms. The van der Waals surface area contributed by atoms with Gasteiger partial charge in [0.25, 0.3) is 0 Å². The first-order chi connectivity index (χ1) is 12.4. The highest BCUT2D eigenvalue weighted by atomic mass is 35.5. The van der Waals surface area contributed by atoms with Crippen molar-refractivity contribution in [1.82, 2.24) is 5.32 Å². The van der Waals surface area contributed by atoms with E-state index in [0.29, 0.717) is 43.1 Å². The zero-order chi connectivity index (χ0) is 18.7. The lowest BCUT2D eigenvalue weighted by molar-refractivity contribution is -0.137. The molecule has 2 bridgehead atoms. The van der Waals surface area contributed by atoms with Crippen LogP contribution in [0.1, 0.15) is 37.7 Å². The number of hydrogen-bond acceptors (Lipinski definition) is 5. The van der Waals surface area contributed by atoms with Crippen molar-refractivity contribution < 1.29 is 9.53 Å². The maximum atomic E-state index is 13.0. The van der Waals surface area contributed by atoms with E-state index in [0.717, 1.165) is 12.0 Å². The summed E-state index contributed by atoms with van der Waals surface area (Å²) in [7, 11) is 0. The molecule has 1 aliphatic heterocycles. The van der Waals surface area contributed by atoms with Crippen LogP contribution in [-0.2, 0) is 15.1 Å². The average Bonchev–Trinajstić information content (AvgIpc) is 2.59. The molecule has 6 N–H and O–H groups in total. The second kappa shape index (κ2) is 7.63. The fourth-order valence-electron chi connectivity index (χ4n) is 3.61. The largest absolute Gasteiger partial charge is 0.468 e. The van der Waals surface area contributed by atoms with Crippen LogP contribution >= 0.6 is 11.6 Å². The van der Waals surface area contributed by atoms with E-state index in [1.54, 1.807) is 6.07 Å². The van der Waals surface area contributed by atoms with E-state index in [-0.39, 0.29) is 11.7 Å². The van der Waals surface area contributed by atoms with Crippen LogP contribution < -0.4 is 16.8 Å². The van der Waals surface area contributed by atoms with Gasteiger partial charge in [0.2, 0.25) is 11.7 Å². The highest BCUT2D eigenvalue weighted by Gasteiger charge is 2.52. The van der Waals surface area contributed by atoms with E-state index in [4.69, 9.17) is 38.2 Å². The van der Waals surface area contributed by atoms with Crippen LogP contribution in [0.4, 0.5) is 0 Å². The van der Waals surface area contributed by atoms with Crippen LogP contribution in [0.3, 0.4) is 0 Å². The van der Waals surface area contributed by atoms with Gasteiger partial charge in [-0.25, -0.2) is 4.99 Å². The Hall–Kier alpha value is -2.12. The summed E-state index contributed by atoms with van der Waals surface area (Å²) in [6, 6.07) is 6.92. The number of halogens is 1. The van der Waals surface area contributed by atoms with E-state index in [9.17, 15) is 4.79 Å². The second-order valence-electron chi connectivity index (χ2n) is 6.74. The Labute approximate surface area is 157 Å². The van der Waals surface area contributed by atoms with Crippen LogP contribution in [0.2, 0.25) is 5.02 Å². The van der Waals surface area contributed by atoms with E-state index < -0.39 is 17.7 Å². The van der Waals surface area contributed by atoms with E-state index in [1.807, 2.05) is 18.2 Å². The Kier molecular flexibility index (Phi) is 5.48. The van der Waals surface area contributed by atoms with Gasteiger partial charge in [0, 0.05) is 17.1 Å². The van der Waals surface area contributed by atoms with Crippen LogP contribution in [0.15, 0.2) is 29.3 Å². The van der Waals surface area contributed by atoms with Gasteiger partial charge in [-0.15, -0.1) is 0 Å². The lowest BCUT2D eigenvalue weighted by Crippen LogP contribution is -2.54. The van der Waals surface area contributed by atoms with Crippen LogP contribution in [0, 0.1) is 5.41 Å². The van der Waals surface area contributed by atoms with Crippen LogP contribution in [-0.4, -0.2) is 36.3 Å². The molecule has 0 aromatic heterocycles. The third kappa shape index (κ3) is 3.54. The molecule has 1 fully saturated rings. The Morgan fingerprint density at radius 1 is 1.50 bits per heavy atom. The number of fused-ring (bicyclic) bond motifs is 2. The normalized spacial score (nSPS) is 25.8. The van der Waals surface area contributed by atoms with Gasteiger partial charge in [0.15, 0.2) is 17.6 Å². The van der Waals surface area contributed by atoms with Crippen molar-refractivity contribution in [1.29, 1.82) is 5.41 Å². The molecule has 0 unspecified atom stereocenters. The van der Waals surface area contributed by atoms with Crippen molar-refractivity contribution in [3.05, 3.63) is 34.9 Å². The maximum Gasteiger partial charge on any atom is 0.205 e. The van der Waals surface area contributed by atoms with Gasteiger partial charge in [-0.1, -0.05) is 29.8 Å². The standard InChI is InChI=1S/C18H24ClN5O2/c19-12-6-2-1-5-11(12)18-9-3-8-14(15(18)25)26-16(24-18)13(20)7-4-10-23-17(21)22/h1-2,5-6,13-14H,3-4,7-10,20H2,(H4,21,22,23)/t13-,14-,18-/m0/s1. The molecule has 0 spiro atoms.